The number of carbonyl (C=O) groups is 1. The van der Waals surface area contributed by atoms with Crippen LogP contribution in [0.15, 0.2) is 59.5 Å². The minimum absolute atomic E-state index is 0.226. The molecule has 5 nitrogen and oxygen atoms in total. The van der Waals surface area contributed by atoms with E-state index in [0.29, 0.717) is 24.4 Å². The summed E-state index contributed by atoms with van der Waals surface area (Å²) in [6.45, 7) is 1.13. The molecule has 0 amide bonds. The monoisotopic (exact) mass is 345 g/mol. The second-order valence-corrected chi connectivity index (χ2v) is 7.63. The van der Waals surface area contributed by atoms with Gasteiger partial charge in [0.2, 0.25) is 10.0 Å². The van der Waals surface area contributed by atoms with Crippen molar-refractivity contribution in [3.05, 3.63) is 60.2 Å². The zero-order valence-corrected chi connectivity index (χ0v) is 14.0. The lowest BCUT2D eigenvalue weighted by atomic mass is 10.2. The normalized spacial score (nSPS) is 15.8. The fourth-order valence-electron chi connectivity index (χ4n) is 2.67. The summed E-state index contributed by atoms with van der Waals surface area (Å²) in [5, 5.41) is 0. The van der Waals surface area contributed by atoms with Gasteiger partial charge in [0.1, 0.15) is 5.75 Å². The van der Waals surface area contributed by atoms with Gasteiger partial charge in [0.25, 0.3) is 0 Å². The lowest BCUT2D eigenvalue weighted by molar-refractivity contribution is 0.0734. The van der Waals surface area contributed by atoms with E-state index in [0.717, 1.165) is 19.3 Å². The predicted molar refractivity (Wildman–Crippen MR) is 90.5 cm³/mol. The van der Waals surface area contributed by atoms with Gasteiger partial charge in [-0.05, 0) is 49.2 Å². The maximum absolute atomic E-state index is 12.6. The molecule has 0 aromatic heterocycles. The molecule has 1 aliphatic rings. The van der Waals surface area contributed by atoms with E-state index < -0.39 is 16.0 Å². The largest absolute Gasteiger partial charge is 0.423 e. The highest BCUT2D eigenvalue weighted by molar-refractivity contribution is 7.89. The van der Waals surface area contributed by atoms with Crippen molar-refractivity contribution < 1.29 is 17.9 Å². The van der Waals surface area contributed by atoms with Gasteiger partial charge in [0.05, 0.1) is 10.5 Å². The first-order valence-corrected chi connectivity index (χ1v) is 9.39. The van der Waals surface area contributed by atoms with E-state index in [-0.39, 0.29) is 4.90 Å². The van der Waals surface area contributed by atoms with Crippen LogP contribution >= 0.6 is 0 Å². The van der Waals surface area contributed by atoms with Gasteiger partial charge in [0.15, 0.2) is 0 Å². The zero-order valence-electron chi connectivity index (χ0n) is 13.2. The number of rotatable bonds is 4. The van der Waals surface area contributed by atoms with Crippen LogP contribution < -0.4 is 4.74 Å². The molecule has 0 saturated carbocycles. The Kier molecular flexibility index (Phi) is 4.97. The van der Waals surface area contributed by atoms with E-state index in [2.05, 4.69) is 0 Å². The minimum atomic E-state index is -3.47. The van der Waals surface area contributed by atoms with Crippen LogP contribution in [-0.4, -0.2) is 31.8 Å². The lowest BCUT2D eigenvalue weighted by Gasteiger charge is -2.25. The molecule has 2 aromatic rings. The molecule has 1 aliphatic heterocycles. The molecule has 1 saturated heterocycles. The highest BCUT2D eigenvalue weighted by atomic mass is 32.2. The first-order valence-electron chi connectivity index (χ1n) is 7.95. The van der Waals surface area contributed by atoms with E-state index in [4.69, 9.17) is 4.74 Å². The molecule has 3 rings (SSSR count). The van der Waals surface area contributed by atoms with Crippen molar-refractivity contribution in [2.24, 2.45) is 0 Å². The summed E-state index contributed by atoms with van der Waals surface area (Å²) >= 11 is 0. The van der Waals surface area contributed by atoms with Gasteiger partial charge in [-0.15, -0.1) is 0 Å². The van der Waals surface area contributed by atoms with E-state index in [1.165, 1.54) is 28.6 Å². The molecule has 0 bridgehead atoms. The van der Waals surface area contributed by atoms with Gasteiger partial charge in [-0.1, -0.05) is 24.6 Å². The number of piperidine rings is 1. The molecule has 1 heterocycles. The third-order valence-corrected chi connectivity index (χ3v) is 5.91. The molecule has 1 fully saturated rings. The molecular formula is C18H19NO4S. The summed E-state index contributed by atoms with van der Waals surface area (Å²) in [5.74, 6) is -0.149. The Morgan fingerprint density at radius 2 is 1.50 bits per heavy atom. The van der Waals surface area contributed by atoms with Crippen LogP contribution in [0.3, 0.4) is 0 Å². The van der Waals surface area contributed by atoms with E-state index >= 15 is 0 Å². The number of nitrogens with zero attached hydrogens (tertiary/aromatic N) is 1. The topological polar surface area (TPSA) is 63.7 Å². The highest BCUT2D eigenvalue weighted by Crippen LogP contribution is 2.23. The molecular weight excluding hydrogens is 326 g/mol. The van der Waals surface area contributed by atoms with Gasteiger partial charge >= 0.3 is 5.97 Å². The molecule has 0 atom stereocenters. The molecule has 24 heavy (non-hydrogen) atoms. The SMILES string of the molecule is O=C(Oc1ccc(S(=O)(=O)N2CCCCC2)cc1)c1ccccc1. The van der Waals surface area contributed by atoms with Crippen LogP contribution in [-0.2, 0) is 10.0 Å². The molecule has 0 aliphatic carbocycles. The van der Waals surface area contributed by atoms with Crippen molar-refractivity contribution in [2.75, 3.05) is 13.1 Å². The van der Waals surface area contributed by atoms with Crippen LogP contribution in [0.5, 0.6) is 5.75 Å². The number of hydrogen-bond acceptors (Lipinski definition) is 4. The van der Waals surface area contributed by atoms with Crippen molar-refractivity contribution in [3.8, 4) is 5.75 Å². The van der Waals surface area contributed by atoms with Crippen molar-refractivity contribution in [1.29, 1.82) is 0 Å². The lowest BCUT2D eigenvalue weighted by Crippen LogP contribution is -2.35. The van der Waals surface area contributed by atoms with Crippen LogP contribution in [0.4, 0.5) is 0 Å². The van der Waals surface area contributed by atoms with Crippen molar-refractivity contribution in [2.45, 2.75) is 24.2 Å². The first kappa shape index (κ1) is 16.7. The smallest absolute Gasteiger partial charge is 0.343 e. The maximum atomic E-state index is 12.6. The summed E-state index contributed by atoms with van der Waals surface area (Å²) in [6.07, 6.45) is 2.86. The highest BCUT2D eigenvalue weighted by Gasteiger charge is 2.25. The zero-order chi connectivity index (χ0) is 17.0. The van der Waals surface area contributed by atoms with Gasteiger partial charge in [-0.3, -0.25) is 0 Å². The molecule has 6 heteroatoms. The van der Waals surface area contributed by atoms with Crippen LogP contribution in [0, 0.1) is 0 Å². The van der Waals surface area contributed by atoms with E-state index in [9.17, 15) is 13.2 Å². The van der Waals surface area contributed by atoms with Crippen LogP contribution in [0.2, 0.25) is 0 Å². The van der Waals surface area contributed by atoms with E-state index in [1.807, 2.05) is 6.07 Å². The molecule has 0 N–H and O–H groups in total. The second kappa shape index (κ2) is 7.15. The number of sulfonamides is 1. The van der Waals surface area contributed by atoms with Gasteiger partial charge in [-0.25, -0.2) is 13.2 Å². The predicted octanol–water partition coefficient (Wildman–Crippen LogP) is 3.08. The van der Waals surface area contributed by atoms with Gasteiger partial charge in [0, 0.05) is 13.1 Å². The Morgan fingerprint density at radius 3 is 2.12 bits per heavy atom. The average Bonchev–Trinajstić information content (AvgIpc) is 2.63. The number of ether oxygens (including phenoxy) is 1. The Labute approximate surface area is 141 Å². The third-order valence-electron chi connectivity index (χ3n) is 4.00. The quantitative estimate of drug-likeness (QED) is 0.631. The van der Waals surface area contributed by atoms with Crippen LogP contribution in [0.1, 0.15) is 29.6 Å². The van der Waals surface area contributed by atoms with E-state index in [1.54, 1.807) is 24.3 Å². The number of benzene rings is 2. The van der Waals surface area contributed by atoms with Crippen molar-refractivity contribution in [3.63, 3.8) is 0 Å². The summed E-state index contributed by atoms with van der Waals surface area (Å²) in [6, 6.07) is 14.6. The minimum Gasteiger partial charge on any atom is -0.423 e. The molecule has 0 radical (unpaired) electrons. The molecule has 2 aromatic carbocycles. The summed E-state index contributed by atoms with van der Waals surface area (Å²) in [7, 11) is -3.47. The second-order valence-electron chi connectivity index (χ2n) is 5.69. The molecule has 126 valence electrons. The Balaban J connectivity index is 1.72. The van der Waals surface area contributed by atoms with Gasteiger partial charge < -0.3 is 4.74 Å². The van der Waals surface area contributed by atoms with Gasteiger partial charge in [-0.2, -0.15) is 4.31 Å². The standard InChI is InChI=1S/C18H19NO4S/c20-18(15-7-3-1-4-8-15)23-16-9-11-17(12-10-16)24(21,22)19-13-5-2-6-14-19/h1,3-4,7-12H,2,5-6,13-14H2. The third kappa shape index (κ3) is 3.66. The fraction of sp³-hybridized carbons (Fsp3) is 0.278. The molecule has 0 unspecified atom stereocenters. The summed E-state index contributed by atoms with van der Waals surface area (Å²) < 4.78 is 31.9. The first-order chi connectivity index (χ1) is 11.6. The number of carbonyl (C=O) groups excluding carboxylic acids is 1. The van der Waals surface area contributed by atoms with Crippen molar-refractivity contribution in [1.82, 2.24) is 4.31 Å². The van der Waals surface area contributed by atoms with Crippen LogP contribution in [0.25, 0.3) is 0 Å². The number of esters is 1. The number of hydrogen-bond donors (Lipinski definition) is 0. The Bertz CT molecular complexity index is 795. The average molecular weight is 345 g/mol. The Morgan fingerprint density at radius 1 is 0.875 bits per heavy atom. The molecule has 0 spiro atoms. The summed E-state index contributed by atoms with van der Waals surface area (Å²) in [5.41, 5.74) is 0.447. The Hall–Kier alpha value is -2.18. The van der Waals surface area contributed by atoms with Crippen molar-refractivity contribution >= 4 is 16.0 Å². The summed E-state index contributed by atoms with van der Waals surface area (Å²) in [4.78, 5) is 12.2. The fourth-order valence-corrected chi connectivity index (χ4v) is 4.19. The maximum Gasteiger partial charge on any atom is 0.343 e.